The van der Waals surface area contributed by atoms with E-state index in [1.54, 1.807) is 22.1 Å². The molecule has 3 aromatic rings. The number of carbonyl (C=O) groups is 1. The van der Waals surface area contributed by atoms with Crippen LogP contribution in [0.25, 0.3) is 21.5 Å². The molecule has 0 saturated carbocycles. The number of hydrogen-bond donors (Lipinski definition) is 0. The Balaban J connectivity index is 1.71. The lowest BCUT2D eigenvalue weighted by molar-refractivity contribution is 0.0770. The molecule has 0 bridgehead atoms. The molecule has 1 fully saturated rings. The zero-order chi connectivity index (χ0) is 19.9. The van der Waals surface area contributed by atoms with Crippen molar-refractivity contribution in [2.24, 2.45) is 0 Å². The van der Waals surface area contributed by atoms with Crippen LogP contribution < -0.4 is 0 Å². The van der Waals surface area contributed by atoms with Crippen LogP contribution in [0.4, 0.5) is 0 Å². The lowest BCUT2D eigenvalue weighted by Gasteiger charge is -2.48. The van der Waals surface area contributed by atoms with E-state index in [0.717, 1.165) is 15.8 Å². The third-order valence-corrected chi connectivity index (χ3v) is 7.94. The normalized spacial score (nSPS) is 18.2. The van der Waals surface area contributed by atoms with Crippen LogP contribution in [0.1, 0.15) is 13.3 Å². The van der Waals surface area contributed by atoms with Crippen LogP contribution in [0, 0.1) is 11.3 Å². The van der Waals surface area contributed by atoms with E-state index in [-0.39, 0.29) is 11.7 Å². The molecule has 0 spiro atoms. The van der Waals surface area contributed by atoms with Crippen molar-refractivity contribution in [3.8, 4) is 17.3 Å². The Morgan fingerprint density at radius 3 is 2.93 bits per heavy atom. The highest BCUT2D eigenvalue weighted by molar-refractivity contribution is 8.11. The van der Waals surface area contributed by atoms with Gasteiger partial charge < -0.3 is 0 Å². The highest BCUT2D eigenvalue weighted by Crippen LogP contribution is 2.36. The third-order valence-electron chi connectivity index (χ3n) is 4.85. The van der Waals surface area contributed by atoms with E-state index in [9.17, 15) is 14.3 Å². The summed E-state index contributed by atoms with van der Waals surface area (Å²) in [5.41, 5.74) is 2.02. The molecule has 144 valence electrons. The first-order valence-corrected chi connectivity index (χ1v) is 11.2. The van der Waals surface area contributed by atoms with E-state index in [4.69, 9.17) is 11.6 Å². The van der Waals surface area contributed by atoms with Gasteiger partial charge in [-0.05, 0) is 35.3 Å². The van der Waals surface area contributed by atoms with Crippen LogP contribution in [0.2, 0.25) is 5.28 Å². The fourth-order valence-electron chi connectivity index (χ4n) is 3.30. The van der Waals surface area contributed by atoms with Crippen molar-refractivity contribution in [3.05, 3.63) is 29.1 Å². The zero-order valence-corrected chi connectivity index (χ0v) is 17.2. The maximum atomic E-state index is 12.6. The molecule has 1 atom stereocenters. The van der Waals surface area contributed by atoms with Gasteiger partial charge in [-0.2, -0.15) is 10.4 Å². The molecule has 1 unspecified atom stereocenters. The van der Waals surface area contributed by atoms with Gasteiger partial charge in [0.15, 0.2) is 0 Å². The Morgan fingerprint density at radius 2 is 2.25 bits per heavy atom. The number of fused-ring (bicyclic) bond motifs is 1. The highest BCUT2D eigenvalue weighted by Gasteiger charge is 2.48. The second-order valence-electron chi connectivity index (χ2n) is 6.45. The molecule has 4 rings (SSSR count). The molecular weight excluding hydrogens is 420 g/mol. The zero-order valence-electron chi connectivity index (χ0n) is 14.8. The van der Waals surface area contributed by atoms with Crippen LogP contribution in [0.3, 0.4) is 0 Å². The van der Waals surface area contributed by atoms with Crippen LogP contribution in [-0.2, 0) is 20.0 Å². The van der Waals surface area contributed by atoms with Gasteiger partial charge in [0.1, 0.15) is 5.54 Å². The summed E-state index contributed by atoms with van der Waals surface area (Å²) in [6.45, 7) is 2.18. The molecule has 0 amide bonds. The van der Waals surface area contributed by atoms with Gasteiger partial charge in [0, 0.05) is 24.8 Å². The molecule has 1 aliphatic heterocycles. The summed E-state index contributed by atoms with van der Waals surface area (Å²) in [7, 11) is -2.84. The molecule has 1 saturated heterocycles. The van der Waals surface area contributed by atoms with Gasteiger partial charge >= 0.3 is 0 Å². The molecule has 0 aliphatic carbocycles. The Kier molecular flexibility index (Phi) is 4.71. The van der Waals surface area contributed by atoms with Gasteiger partial charge in [0.25, 0.3) is 0 Å². The van der Waals surface area contributed by atoms with E-state index in [0.29, 0.717) is 24.4 Å². The summed E-state index contributed by atoms with van der Waals surface area (Å²) in [4.78, 5) is 19.8. The minimum absolute atomic E-state index is 0.152. The molecule has 1 aliphatic rings. The Bertz CT molecular complexity index is 1230. The average Bonchev–Trinajstić information content (AvgIpc) is 3.32. The summed E-state index contributed by atoms with van der Waals surface area (Å²) in [6.07, 6.45) is 3.66. The topological polar surface area (TPSA) is 105 Å². The SMILES string of the molecule is CC=S(=O)(C=O)N1CC(CC#N)(n2cc(-c3nc(Cl)nc4ccsc34)cn2)C1. The lowest BCUT2D eigenvalue weighted by Crippen LogP contribution is -2.64. The average molecular weight is 435 g/mol. The number of halogens is 1. The summed E-state index contributed by atoms with van der Waals surface area (Å²) < 4.78 is 16.8. The number of nitriles is 1. The van der Waals surface area contributed by atoms with Gasteiger partial charge in [0.05, 0.1) is 44.3 Å². The lowest BCUT2D eigenvalue weighted by atomic mass is 9.89. The molecule has 8 nitrogen and oxygen atoms in total. The summed E-state index contributed by atoms with van der Waals surface area (Å²) >= 11 is 7.57. The third kappa shape index (κ3) is 2.91. The fourth-order valence-corrected chi connectivity index (χ4v) is 5.73. The van der Waals surface area contributed by atoms with Crippen molar-refractivity contribution < 1.29 is 9.00 Å². The molecular formula is C17H15ClN6O2S2. The van der Waals surface area contributed by atoms with E-state index in [1.165, 1.54) is 16.7 Å². The molecule has 11 heteroatoms. The predicted molar refractivity (Wildman–Crippen MR) is 110 cm³/mol. The van der Waals surface area contributed by atoms with Crippen molar-refractivity contribution in [2.45, 2.75) is 18.9 Å². The van der Waals surface area contributed by atoms with E-state index >= 15 is 0 Å². The van der Waals surface area contributed by atoms with Gasteiger partial charge in [-0.15, -0.1) is 11.3 Å². The maximum absolute atomic E-state index is 12.6. The number of thiophene rings is 1. The van der Waals surface area contributed by atoms with Crippen LogP contribution >= 0.6 is 22.9 Å². The molecule has 0 aromatic carbocycles. The monoisotopic (exact) mass is 434 g/mol. The molecule has 0 radical (unpaired) electrons. The molecule has 28 heavy (non-hydrogen) atoms. The number of aromatic nitrogens is 4. The Labute approximate surface area is 170 Å². The quantitative estimate of drug-likeness (QED) is 0.346. The maximum Gasteiger partial charge on any atom is 0.223 e. The van der Waals surface area contributed by atoms with Crippen LogP contribution in [0.5, 0.6) is 0 Å². The van der Waals surface area contributed by atoms with Crippen molar-refractivity contribution in [2.75, 3.05) is 13.1 Å². The second-order valence-corrected chi connectivity index (χ2v) is 10.1. The first-order chi connectivity index (χ1) is 13.4. The van der Waals surface area contributed by atoms with Crippen molar-refractivity contribution in [3.63, 3.8) is 0 Å². The highest BCUT2D eigenvalue weighted by atomic mass is 35.5. The predicted octanol–water partition coefficient (Wildman–Crippen LogP) is 2.34. The molecule has 4 heterocycles. The van der Waals surface area contributed by atoms with E-state index in [2.05, 4.69) is 21.1 Å². The van der Waals surface area contributed by atoms with Gasteiger partial charge in [-0.25, -0.2) is 18.5 Å². The number of nitrogens with zero attached hydrogens (tertiary/aromatic N) is 6. The van der Waals surface area contributed by atoms with Crippen LogP contribution in [0.15, 0.2) is 23.8 Å². The number of carbonyl (C=O) groups excluding carboxylic acids is 1. The molecule has 3 aromatic heterocycles. The summed E-state index contributed by atoms with van der Waals surface area (Å²) in [5.74, 6) is 0. The first-order valence-electron chi connectivity index (χ1n) is 8.32. The molecule has 0 N–H and O–H groups in total. The van der Waals surface area contributed by atoms with Crippen molar-refractivity contribution in [1.29, 1.82) is 5.26 Å². The fraction of sp³-hybridized carbons (Fsp3) is 0.294. The standard InChI is InChI=1S/C17H15ClN6O2S2/c1-2-28(26,11-25)23-9-17(10-23,4-5-19)24-8-12(7-20-24)14-15-13(3-6-27-15)21-16(18)22-14/h2-3,6-8,11H,4,9-10H2,1H3. The summed E-state index contributed by atoms with van der Waals surface area (Å²) in [5, 5.41) is 17.2. The van der Waals surface area contributed by atoms with E-state index in [1.807, 2.05) is 17.6 Å². The van der Waals surface area contributed by atoms with Crippen molar-refractivity contribution in [1.82, 2.24) is 24.1 Å². The first kappa shape index (κ1) is 19.0. The minimum atomic E-state index is -2.84. The summed E-state index contributed by atoms with van der Waals surface area (Å²) in [6, 6.07) is 4.05. The van der Waals surface area contributed by atoms with E-state index < -0.39 is 15.2 Å². The number of rotatable bonds is 5. The second kappa shape index (κ2) is 6.93. The Hall–Kier alpha value is -2.32. The largest absolute Gasteiger partial charge is 0.287 e. The van der Waals surface area contributed by atoms with Gasteiger partial charge in [-0.3, -0.25) is 9.48 Å². The Morgan fingerprint density at radius 1 is 1.46 bits per heavy atom. The van der Waals surface area contributed by atoms with Gasteiger partial charge in [-0.1, -0.05) is 0 Å². The van der Waals surface area contributed by atoms with Crippen molar-refractivity contribution >= 4 is 53.8 Å². The smallest absolute Gasteiger partial charge is 0.223 e. The van der Waals surface area contributed by atoms with Gasteiger partial charge in [0.2, 0.25) is 10.9 Å². The minimum Gasteiger partial charge on any atom is -0.287 e. The van der Waals surface area contributed by atoms with Crippen LogP contribution in [-0.4, -0.2) is 52.3 Å². The number of hydrogen-bond acceptors (Lipinski definition) is 7.